The van der Waals surface area contributed by atoms with Gasteiger partial charge in [-0.3, -0.25) is 9.55 Å². The van der Waals surface area contributed by atoms with E-state index in [0.717, 1.165) is 39.6 Å². The molecule has 5 rings (SSSR count). The van der Waals surface area contributed by atoms with Gasteiger partial charge in [-0.05, 0) is 30.3 Å². The van der Waals surface area contributed by atoms with Gasteiger partial charge >= 0.3 is 0 Å². The third-order valence-corrected chi connectivity index (χ3v) is 4.56. The van der Waals surface area contributed by atoms with Crippen LogP contribution in [0.4, 0.5) is 0 Å². The zero-order valence-electron chi connectivity index (χ0n) is 13.7. The number of halogens is 1. The normalized spacial score (nSPS) is 13.1. The summed E-state index contributed by atoms with van der Waals surface area (Å²) < 4.78 is 13.5. The van der Waals surface area contributed by atoms with Crippen molar-refractivity contribution in [2.24, 2.45) is 0 Å². The second-order valence-electron chi connectivity index (χ2n) is 5.97. The number of aromatic nitrogens is 3. The smallest absolute Gasteiger partial charge is 0.163 e. The quantitative estimate of drug-likeness (QED) is 0.525. The van der Waals surface area contributed by atoms with Crippen LogP contribution in [0.2, 0.25) is 5.02 Å². The monoisotopic (exact) mass is 363 g/mol. The molecule has 2 aromatic heterocycles. The molecule has 0 amide bonds. The topological polar surface area (TPSA) is 49.2 Å². The molecule has 0 bridgehead atoms. The predicted octanol–water partition coefficient (Wildman–Crippen LogP) is 4.51. The summed E-state index contributed by atoms with van der Waals surface area (Å²) in [5.74, 6) is 2.30. The third kappa shape index (κ3) is 2.48. The number of benzene rings is 2. The lowest BCUT2D eigenvalue weighted by atomic mass is 10.2. The molecule has 26 heavy (non-hydrogen) atoms. The first-order valence-electron chi connectivity index (χ1n) is 8.28. The summed E-state index contributed by atoms with van der Waals surface area (Å²) in [6.45, 7) is 1.12. The van der Waals surface area contributed by atoms with Crippen molar-refractivity contribution in [3.8, 4) is 28.6 Å². The second-order valence-corrected chi connectivity index (χ2v) is 6.41. The van der Waals surface area contributed by atoms with E-state index in [2.05, 4.69) is 9.55 Å². The van der Waals surface area contributed by atoms with Crippen LogP contribution in [-0.4, -0.2) is 27.7 Å². The van der Waals surface area contributed by atoms with Crippen LogP contribution in [0.5, 0.6) is 11.5 Å². The van der Waals surface area contributed by atoms with Gasteiger partial charge in [0, 0.05) is 22.8 Å². The zero-order valence-corrected chi connectivity index (χ0v) is 14.5. The molecule has 0 unspecified atom stereocenters. The minimum absolute atomic E-state index is 0.548. The van der Waals surface area contributed by atoms with E-state index in [1.165, 1.54) is 0 Å². The zero-order chi connectivity index (χ0) is 17.5. The van der Waals surface area contributed by atoms with Gasteiger partial charge in [0.15, 0.2) is 11.5 Å². The van der Waals surface area contributed by atoms with Crippen molar-refractivity contribution in [2.45, 2.75) is 0 Å². The van der Waals surface area contributed by atoms with Crippen LogP contribution in [0.25, 0.3) is 28.1 Å². The van der Waals surface area contributed by atoms with Gasteiger partial charge in [-0.25, -0.2) is 4.98 Å². The van der Waals surface area contributed by atoms with Gasteiger partial charge < -0.3 is 9.47 Å². The molecule has 1 aliphatic rings. The van der Waals surface area contributed by atoms with Crippen LogP contribution < -0.4 is 9.47 Å². The molecular weight excluding hydrogens is 350 g/mol. The van der Waals surface area contributed by atoms with Crippen molar-refractivity contribution in [1.29, 1.82) is 0 Å². The molecule has 0 saturated heterocycles. The van der Waals surface area contributed by atoms with E-state index < -0.39 is 0 Å². The highest BCUT2D eigenvalue weighted by atomic mass is 35.5. The number of hydrogen-bond acceptors (Lipinski definition) is 4. The van der Waals surface area contributed by atoms with Crippen molar-refractivity contribution in [3.05, 3.63) is 65.9 Å². The summed E-state index contributed by atoms with van der Waals surface area (Å²) in [6.07, 6.45) is 3.53. The summed E-state index contributed by atoms with van der Waals surface area (Å²) >= 11 is 6.20. The fourth-order valence-electron chi connectivity index (χ4n) is 3.19. The third-order valence-electron chi connectivity index (χ3n) is 4.32. The van der Waals surface area contributed by atoms with Crippen molar-refractivity contribution < 1.29 is 9.47 Å². The average molecular weight is 364 g/mol. The maximum absolute atomic E-state index is 6.20. The summed E-state index contributed by atoms with van der Waals surface area (Å²) in [5, 5.41) is 0.668. The van der Waals surface area contributed by atoms with Crippen molar-refractivity contribution in [3.63, 3.8) is 0 Å². The van der Waals surface area contributed by atoms with E-state index in [-0.39, 0.29) is 0 Å². The Morgan fingerprint density at radius 3 is 2.73 bits per heavy atom. The number of ether oxygens (including phenoxy) is 2. The number of rotatable bonds is 2. The first-order chi connectivity index (χ1) is 12.8. The van der Waals surface area contributed by atoms with Gasteiger partial charge in [0.25, 0.3) is 0 Å². The summed E-state index contributed by atoms with van der Waals surface area (Å²) in [4.78, 5) is 8.98. The number of imidazole rings is 1. The van der Waals surface area contributed by atoms with E-state index in [1.54, 1.807) is 12.4 Å². The van der Waals surface area contributed by atoms with E-state index in [0.29, 0.717) is 18.2 Å². The Kier molecular flexibility index (Phi) is 3.53. The molecule has 0 radical (unpaired) electrons. The fourth-order valence-corrected chi connectivity index (χ4v) is 3.38. The molecule has 6 heteroatoms. The predicted molar refractivity (Wildman–Crippen MR) is 100 cm³/mol. The second kappa shape index (κ2) is 6.04. The van der Waals surface area contributed by atoms with Gasteiger partial charge in [-0.1, -0.05) is 23.7 Å². The molecule has 0 fully saturated rings. The standard InChI is InChI=1S/C20H14ClN3O2/c21-14-3-1-2-13(10-14)20-23-16-12-22-7-6-17(16)24(20)15-4-5-18-19(11-15)26-9-8-25-18/h1-7,10-12H,8-9H2. The lowest BCUT2D eigenvalue weighted by Crippen LogP contribution is -2.15. The van der Waals surface area contributed by atoms with Gasteiger partial charge in [0.1, 0.15) is 24.6 Å². The molecule has 2 aromatic carbocycles. The fraction of sp³-hybridized carbons (Fsp3) is 0.100. The van der Waals surface area contributed by atoms with Gasteiger partial charge in [0.2, 0.25) is 0 Å². The Balaban J connectivity index is 1.77. The first-order valence-corrected chi connectivity index (χ1v) is 8.66. The highest BCUT2D eigenvalue weighted by Gasteiger charge is 2.18. The number of pyridine rings is 1. The largest absolute Gasteiger partial charge is 0.486 e. The Bertz CT molecular complexity index is 1120. The molecule has 0 N–H and O–H groups in total. The molecular formula is C20H14ClN3O2. The molecule has 1 aliphatic heterocycles. The maximum atomic E-state index is 6.20. The Morgan fingerprint density at radius 2 is 1.85 bits per heavy atom. The molecule has 0 aliphatic carbocycles. The van der Waals surface area contributed by atoms with E-state index in [9.17, 15) is 0 Å². The minimum atomic E-state index is 0.548. The van der Waals surface area contributed by atoms with E-state index in [4.69, 9.17) is 26.1 Å². The molecule has 0 saturated carbocycles. The van der Waals surface area contributed by atoms with Crippen LogP contribution in [0.15, 0.2) is 60.9 Å². The number of fused-ring (bicyclic) bond motifs is 2. The van der Waals surface area contributed by atoms with Crippen LogP contribution in [0.3, 0.4) is 0 Å². The Hall–Kier alpha value is -3.05. The Morgan fingerprint density at radius 1 is 0.962 bits per heavy atom. The maximum Gasteiger partial charge on any atom is 0.163 e. The van der Waals surface area contributed by atoms with Crippen LogP contribution in [-0.2, 0) is 0 Å². The van der Waals surface area contributed by atoms with Gasteiger partial charge in [-0.15, -0.1) is 0 Å². The van der Waals surface area contributed by atoms with Gasteiger partial charge in [0.05, 0.1) is 17.4 Å². The molecule has 3 heterocycles. The Labute approximate surface area is 154 Å². The van der Waals surface area contributed by atoms with E-state index >= 15 is 0 Å². The van der Waals surface area contributed by atoms with Gasteiger partial charge in [-0.2, -0.15) is 0 Å². The number of nitrogens with zero attached hydrogens (tertiary/aromatic N) is 3. The minimum Gasteiger partial charge on any atom is -0.486 e. The van der Waals surface area contributed by atoms with Crippen molar-refractivity contribution >= 4 is 22.6 Å². The van der Waals surface area contributed by atoms with Crippen molar-refractivity contribution in [1.82, 2.24) is 14.5 Å². The molecule has 4 aromatic rings. The van der Waals surface area contributed by atoms with E-state index in [1.807, 2.05) is 48.5 Å². The average Bonchev–Trinajstić information content (AvgIpc) is 3.07. The molecule has 0 atom stereocenters. The van der Waals surface area contributed by atoms with Crippen LogP contribution in [0.1, 0.15) is 0 Å². The lowest BCUT2D eigenvalue weighted by Gasteiger charge is -2.19. The SMILES string of the molecule is Clc1cccc(-c2nc3cnccc3n2-c2ccc3c(c2)OCCO3)c1. The van der Waals surface area contributed by atoms with Crippen LogP contribution in [0, 0.1) is 0 Å². The summed E-state index contributed by atoms with van der Waals surface area (Å²) in [7, 11) is 0. The summed E-state index contributed by atoms with van der Waals surface area (Å²) in [6, 6.07) is 15.5. The number of hydrogen-bond donors (Lipinski definition) is 0. The lowest BCUT2D eigenvalue weighted by molar-refractivity contribution is 0.171. The molecule has 5 nitrogen and oxygen atoms in total. The summed E-state index contributed by atoms with van der Waals surface area (Å²) in [5.41, 5.74) is 3.66. The molecule has 0 spiro atoms. The van der Waals surface area contributed by atoms with Crippen LogP contribution >= 0.6 is 11.6 Å². The first kappa shape index (κ1) is 15.2. The highest BCUT2D eigenvalue weighted by molar-refractivity contribution is 6.30. The highest BCUT2D eigenvalue weighted by Crippen LogP contribution is 2.35. The van der Waals surface area contributed by atoms with Crippen molar-refractivity contribution in [2.75, 3.05) is 13.2 Å². The molecule has 128 valence electrons.